The van der Waals surface area contributed by atoms with Crippen LogP contribution in [0.25, 0.3) is 0 Å². The number of urea groups is 1. The van der Waals surface area contributed by atoms with Crippen molar-refractivity contribution in [1.82, 2.24) is 5.32 Å². The van der Waals surface area contributed by atoms with Crippen LogP contribution in [0.3, 0.4) is 0 Å². The smallest absolute Gasteiger partial charge is 0.319 e. The first-order valence-electron chi connectivity index (χ1n) is 5.66. The van der Waals surface area contributed by atoms with Gasteiger partial charge < -0.3 is 20.1 Å². The van der Waals surface area contributed by atoms with Gasteiger partial charge in [-0.15, -0.1) is 0 Å². The lowest BCUT2D eigenvalue weighted by Crippen LogP contribution is -2.24. The molecule has 0 aliphatic carbocycles. The normalized spacial score (nSPS) is 9.94. The molecule has 0 spiro atoms. The molecule has 100 valence electrons. The number of halogens is 1. The molecule has 0 radical (unpaired) electrons. The maximum Gasteiger partial charge on any atom is 0.319 e. The fourth-order valence-electron chi connectivity index (χ4n) is 1.27. The van der Waals surface area contributed by atoms with Gasteiger partial charge in [0.2, 0.25) is 0 Å². The Morgan fingerprint density at radius 3 is 2.83 bits per heavy atom. The number of ether oxygens (including phenoxy) is 2. The lowest BCUT2D eigenvalue weighted by atomic mass is 10.3. The number of hydrogen-bond acceptors (Lipinski definition) is 3. The highest BCUT2D eigenvalue weighted by molar-refractivity contribution is 9.10. The number of anilines is 1. The van der Waals surface area contributed by atoms with Gasteiger partial charge in [-0.3, -0.25) is 0 Å². The van der Waals surface area contributed by atoms with E-state index in [0.717, 1.165) is 4.47 Å². The Kier molecular flexibility index (Phi) is 6.53. The van der Waals surface area contributed by atoms with Crippen molar-refractivity contribution in [3.8, 4) is 5.75 Å². The molecule has 1 rings (SSSR count). The average molecular weight is 317 g/mol. The van der Waals surface area contributed by atoms with E-state index in [-0.39, 0.29) is 6.03 Å². The zero-order valence-corrected chi connectivity index (χ0v) is 12.0. The van der Waals surface area contributed by atoms with Crippen molar-refractivity contribution >= 4 is 27.6 Å². The van der Waals surface area contributed by atoms with E-state index in [1.165, 1.54) is 0 Å². The molecule has 0 atom stereocenters. The third kappa shape index (κ3) is 4.93. The first-order chi connectivity index (χ1) is 8.67. The molecule has 0 aromatic heterocycles. The van der Waals surface area contributed by atoms with Crippen LogP contribution in [0.2, 0.25) is 0 Å². The molecule has 0 aliphatic heterocycles. The van der Waals surface area contributed by atoms with E-state index in [9.17, 15) is 4.79 Å². The zero-order valence-electron chi connectivity index (χ0n) is 10.5. The van der Waals surface area contributed by atoms with E-state index in [1.807, 2.05) is 13.0 Å². The summed E-state index contributed by atoms with van der Waals surface area (Å²) in [6.45, 7) is 3.55. The molecule has 0 saturated carbocycles. The summed E-state index contributed by atoms with van der Waals surface area (Å²) in [6.07, 6.45) is 0. The van der Waals surface area contributed by atoms with Gasteiger partial charge in [0.25, 0.3) is 0 Å². The third-order valence-corrected chi connectivity index (χ3v) is 2.60. The van der Waals surface area contributed by atoms with Crippen LogP contribution in [0, 0.1) is 0 Å². The van der Waals surface area contributed by atoms with Gasteiger partial charge in [0, 0.05) is 18.1 Å². The molecule has 18 heavy (non-hydrogen) atoms. The fraction of sp³-hybridized carbons (Fsp3) is 0.417. The van der Waals surface area contributed by atoms with E-state index in [0.29, 0.717) is 31.3 Å². The predicted molar refractivity (Wildman–Crippen MR) is 74.2 cm³/mol. The molecule has 0 saturated heterocycles. The van der Waals surface area contributed by atoms with Crippen LogP contribution < -0.4 is 15.4 Å². The third-order valence-electron chi connectivity index (χ3n) is 2.11. The molecular weight excluding hydrogens is 300 g/mol. The van der Waals surface area contributed by atoms with Crippen molar-refractivity contribution in [3.63, 3.8) is 0 Å². The summed E-state index contributed by atoms with van der Waals surface area (Å²) < 4.78 is 11.6. The molecule has 5 nitrogen and oxygen atoms in total. The summed E-state index contributed by atoms with van der Waals surface area (Å²) in [7, 11) is 1.56. The number of rotatable bonds is 6. The monoisotopic (exact) mass is 316 g/mol. The molecule has 0 fully saturated rings. The zero-order chi connectivity index (χ0) is 13.4. The second-order valence-electron chi connectivity index (χ2n) is 3.39. The van der Waals surface area contributed by atoms with E-state index in [2.05, 4.69) is 26.6 Å². The van der Waals surface area contributed by atoms with Crippen LogP contribution in [0.4, 0.5) is 10.5 Å². The van der Waals surface area contributed by atoms with Gasteiger partial charge in [0.1, 0.15) is 12.4 Å². The fourth-order valence-corrected chi connectivity index (χ4v) is 1.63. The number of nitrogens with one attached hydrogen (secondary N) is 2. The highest BCUT2D eigenvalue weighted by Gasteiger charge is 2.07. The summed E-state index contributed by atoms with van der Waals surface area (Å²) in [6, 6.07) is 5.14. The summed E-state index contributed by atoms with van der Waals surface area (Å²) in [5.41, 5.74) is 0.611. The van der Waals surface area contributed by atoms with Crippen LogP contribution in [-0.4, -0.2) is 32.9 Å². The molecule has 0 unspecified atom stereocenters. The van der Waals surface area contributed by atoms with Crippen LogP contribution in [-0.2, 0) is 4.74 Å². The van der Waals surface area contributed by atoms with Crippen LogP contribution in [0.5, 0.6) is 5.75 Å². The lowest BCUT2D eigenvalue weighted by molar-refractivity contribution is 0.110. The highest BCUT2D eigenvalue weighted by Crippen LogP contribution is 2.28. The van der Waals surface area contributed by atoms with Crippen molar-refractivity contribution in [2.75, 3.05) is 32.2 Å². The van der Waals surface area contributed by atoms with E-state index in [4.69, 9.17) is 9.47 Å². The van der Waals surface area contributed by atoms with Crippen molar-refractivity contribution in [2.45, 2.75) is 6.92 Å². The first kappa shape index (κ1) is 14.8. The summed E-state index contributed by atoms with van der Waals surface area (Å²) >= 11 is 3.35. The van der Waals surface area contributed by atoms with Gasteiger partial charge >= 0.3 is 6.03 Å². The van der Waals surface area contributed by atoms with Gasteiger partial charge in [0.05, 0.1) is 12.3 Å². The minimum Gasteiger partial charge on any atom is -0.489 e. The quantitative estimate of drug-likeness (QED) is 0.793. The SMILES string of the molecule is CCOCCOc1ccc(Br)cc1NC(=O)NC. The Labute approximate surface area is 115 Å². The molecule has 1 aromatic rings. The van der Waals surface area contributed by atoms with Gasteiger partial charge in [-0.1, -0.05) is 15.9 Å². The standard InChI is InChI=1S/C12H17BrN2O3/c1-3-17-6-7-18-11-5-4-9(13)8-10(11)15-12(16)14-2/h4-5,8H,3,6-7H2,1-2H3,(H2,14,15,16). The minimum absolute atomic E-state index is 0.289. The molecule has 0 heterocycles. The number of hydrogen-bond donors (Lipinski definition) is 2. The predicted octanol–water partition coefficient (Wildman–Crippen LogP) is 2.62. The largest absolute Gasteiger partial charge is 0.489 e. The average Bonchev–Trinajstić information content (AvgIpc) is 2.36. The topological polar surface area (TPSA) is 59.6 Å². The molecule has 2 amide bonds. The number of amides is 2. The second-order valence-corrected chi connectivity index (χ2v) is 4.31. The molecular formula is C12H17BrN2O3. The van der Waals surface area contributed by atoms with Crippen molar-refractivity contribution in [2.24, 2.45) is 0 Å². The molecule has 1 aromatic carbocycles. The molecule has 0 aliphatic rings. The van der Waals surface area contributed by atoms with Gasteiger partial charge in [-0.2, -0.15) is 0 Å². The summed E-state index contributed by atoms with van der Waals surface area (Å²) in [5.74, 6) is 0.613. The minimum atomic E-state index is -0.289. The Balaban J connectivity index is 2.67. The van der Waals surface area contributed by atoms with Crippen molar-refractivity contribution in [1.29, 1.82) is 0 Å². The highest BCUT2D eigenvalue weighted by atomic mass is 79.9. The number of carbonyl (C=O) groups excluding carboxylic acids is 1. The summed E-state index contributed by atoms with van der Waals surface area (Å²) in [5, 5.41) is 5.19. The second kappa shape index (κ2) is 7.94. The Morgan fingerprint density at radius 2 is 2.17 bits per heavy atom. The van der Waals surface area contributed by atoms with Gasteiger partial charge in [0.15, 0.2) is 0 Å². The maximum atomic E-state index is 11.3. The first-order valence-corrected chi connectivity index (χ1v) is 6.45. The Morgan fingerprint density at radius 1 is 1.39 bits per heavy atom. The van der Waals surface area contributed by atoms with Crippen LogP contribution >= 0.6 is 15.9 Å². The van der Waals surface area contributed by atoms with Gasteiger partial charge in [-0.25, -0.2) is 4.79 Å². The van der Waals surface area contributed by atoms with E-state index in [1.54, 1.807) is 19.2 Å². The van der Waals surface area contributed by atoms with E-state index < -0.39 is 0 Å². The number of benzene rings is 1. The Bertz CT molecular complexity index is 399. The Hall–Kier alpha value is -1.27. The molecule has 2 N–H and O–H groups in total. The van der Waals surface area contributed by atoms with E-state index >= 15 is 0 Å². The molecule has 6 heteroatoms. The van der Waals surface area contributed by atoms with Crippen molar-refractivity contribution in [3.05, 3.63) is 22.7 Å². The maximum absolute atomic E-state index is 11.3. The number of carbonyl (C=O) groups is 1. The lowest BCUT2D eigenvalue weighted by Gasteiger charge is -2.12. The van der Waals surface area contributed by atoms with Crippen LogP contribution in [0.15, 0.2) is 22.7 Å². The van der Waals surface area contributed by atoms with Crippen molar-refractivity contribution < 1.29 is 14.3 Å². The summed E-state index contributed by atoms with van der Waals surface area (Å²) in [4.78, 5) is 11.3. The van der Waals surface area contributed by atoms with Crippen LogP contribution in [0.1, 0.15) is 6.92 Å². The molecule has 0 bridgehead atoms. The van der Waals surface area contributed by atoms with Gasteiger partial charge in [-0.05, 0) is 25.1 Å².